The number of alkyl halides is 3. The minimum Gasteiger partial charge on any atom is -0.490 e. The fourth-order valence-electron chi connectivity index (χ4n) is 2.39. The quantitative estimate of drug-likeness (QED) is 0.338. The lowest BCUT2D eigenvalue weighted by molar-refractivity contribution is -0.0935. The van der Waals surface area contributed by atoms with E-state index in [2.05, 4.69) is 6.58 Å². The van der Waals surface area contributed by atoms with Gasteiger partial charge in [-0.25, -0.2) is 0 Å². The highest BCUT2D eigenvalue weighted by Gasteiger charge is 2.36. The van der Waals surface area contributed by atoms with E-state index in [0.29, 0.717) is 10.6 Å². The number of nitrogens with two attached hydrogens (primary N) is 1. The molecule has 0 heterocycles. The largest absolute Gasteiger partial charge is 0.490 e. The number of rotatable bonds is 11. The summed E-state index contributed by atoms with van der Waals surface area (Å²) in [5, 5.41) is 19.1. The summed E-state index contributed by atoms with van der Waals surface area (Å²) in [4.78, 5) is 0. The van der Waals surface area contributed by atoms with Gasteiger partial charge >= 0.3 is 6.18 Å². The Morgan fingerprint density at radius 3 is 2.30 bits per heavy atom. The molecule has 0 aliphatic carbocycles. The topological polar surface area (TPSA) is 75.7 Å². The van der Waals surface area contributed by atoms with Crippen LogP contribution in [0.3, 0.4) is 0 Å². The molecular weight excluding hydrogens is 419 g/mol. The number of aliphatic hydroxyl groups is 2. The van der Waals surface area contributed by atoms with Gasteiger partial charge in [-0.3, -0.25) is 0 Å². The van der Waals surface area contributed by atoms with E-state index in [-0.39, 0.29) is 19.4 Å². The molecule has 0 aliphatic heterocycles. The molecule has 0 radical (unpaired) electrons. The van der Waals surface area contributed by atoms with Crippen molar-refractivity contribution in [1.29, 1.82) is 0 Å². The van der Waals surface area contributed by atoms with Gasteiger partial charge in [0.1, 0.15) is 12.4 Å². The number of hydrogen-bond donors (Lipinski definition) is 3. The van der Waals surface area contributed by atoms with Crippen molar-refractivity contribution in [2.24, 2.45) is 5.73 Å². The van der Waals surface area contributed by atoms with Gasteiger partial charge in [-0.05, 0) is 49.6 Å². The van der Waals surface area contributed by atoms with Gasteiger partial charge in [-0.1, -0.05) is 48.0 Å². The summed E-state index contributed by atoms with van der Waals surface area (Å²) >= 11 is 5.80. The summed E-state index contributed by atoms with van der Waals surface area (Å²) in [5.74, 6) is -0.508. The minimum absolute atomic E-state index is 0.0962. The van der Waals surface area contributed by atoms with Gasteiger partial charge in [0, 0.05) is 5.02 Å². The summed E-state index contributed by atoms with van der Waals surface area (Å²) < 4.78 is 45.7. The molecule has 0 amide bonds. The average molecular weight is 446 g/mol. The molecular formula is C22H27ClF3NO3. The van der Waals surface area contributed by atoms with Crippen molar-refractivity contribution in [3.63, 3.8) is 0 Å². The smallest absolute Gasteiger partial charge is 0.419 e. The molecule has 4 nitrogen and oxygen atoms in total. The Balaban J connectivity index is 2.83. The number of halogens is 4. The highest BCUT2D eigenvalue weighted by Crippen LogP contribution is 2.33. The van der Waals surface area contributed by atoms with Crippen LogP contribution in [0.25, 0.3) is 6.08 Å². The first-order valence-electron chi connectivity index (χ1n) is 9.23. The van der Waals surface area contributed by atoms with Gasteiger partial charge < -0.3 is 20.7 Å². The molecule has 1 aromatic carbocycles. The maximum atomic E-state index is 13.5. The van der Waals surface area contributed by atoms with E-state index < -0.39 is 36.3 Å². The van der Waals surface area contributed by atoms with Crippen molar-refractivity contribution in [2.75, 3.05) is 19.8 Å². The fraction of sp³-hybridized carbons (Fsp3) is 0.364. The molecule has 4 N–H and O–H groups in total. The van der Waals surface area contributed by atoms with Crippen LogP contribution in [0.5, 0.6) is 0 Å². The lowest BCUT2D eigenvalue weighted by Gasteiger charge is -2.24. The third-order valence-corrected chi connectivity index (χ3v) is 4.63. The van der Waals surface area contributed by atoms with Gasteiger partial charge in [0.25, 0.3) is 0 Å². The highest BCUT2D eigenvalue weighted by molar-refractivity contribution is 6.30. The van der Waals surface area contributed by atoms with E-state index in [1.54, 1.807) is 43.3 Å². The van der Waals surface area contributed by atoms with Gasteiger partial charge in [0.05, 0.1) is 24.3 Å². The zero-order chi connectivity index (χ0) is 22.8. The number of ether oxygens (including phenoxy) is 1. The lowest BCUT2D eigenvalue weighted by atomic mass is 9.93. The first kappa shape index (κ1) is 26.0. The van der Waals surface area contributed by atoms with Gasteiger partial charge in [-0.2, -0.15) is 13.2 Å². The Kier molecular flexibility index (Phi) is 10.4. The van der Waals surface area contributed by atoms with Crippen molar-refractivity contribution >= 4 is 17.7 Å². The molecule has 30 heavy (non-hydrogen) atoms. The number of hydrogen-bond acceptors (Lipinski definition) is 4. The Morgan fingerprint density at radius 2 is 1.80 bits per heavy atom. The van der Waals surface area contributed by atoms with Gasteiger partial charge in [0.15, 0.2) is 0 Å². The van der Waals surface area contributed by atoms with E-state index >= 15 is 0 Å². The van der Waals surface area contributed by atoms with Crippen LogP contribution in [0.2, 0.25) is 5.02 Å². The molecule has 1 aromatic rings. The second-order valence-corrected chi connectivity index (χ2v) is 7.22. The molecule has 0 aliphatic rings. The molecule has 0 aromatic heterocycles. The Hall–Kier alpha value is -2.06. The van der Waals surface area contributed by atoms with Crippen LogP contribution in [0.4, 0.5) is 13.2 Å². The Morgan fingerprint density at radius 1 is 1.20 bits per heavy atom. The van der Waals surface area contributed by atoms with E-state index in [9.17, 15) is 23.4 Å². The molecule has 166 valence electrons. The van der Waals surface area contributed by atoms with Crippen molar-refractivity contribution in [2.45, 2.75) is 31.5 Å². The van der Waals surface area contributed by atoms with Crippen LogP contribution in [0, 0.1) is 0 Å². The van der Waals surface area contributed by atoms with E-state index in [4.69, 9.17) is 22.1 Å². The minimum atomic E-state index is -4.67. The molecule has 0 spiro atoms. The molecule has 8 heteroatoms. The predicted octanol–water partition coefficient (Wildman–Crippen LogP) is 4.78. The van der Waals surface area contributed by atoms with E-state index in [0.717, 1.165) is 11.6 Å². The van der Waals surface area contributed by atoms with Gasteiger partial charge in [-0.15, -0.1) is 0 Å². The fourth-order valence-corrected chi connectivity index (χ4v) is 2.52. The zero-order valence-corrected chi connectivity index (χ0v) is 17.5. The van der Waals surface area contributed by atoms with Crippen molar-refractivity contribution in [3.8, 4) is 0 Å². The predicted molar refractivity (Wildman–Crippen MR) is 114 cm³/mol. The maximum Gasteiger partial charge on any atom is 0.419 e. The monoisotopic (exact) mass is 445 g/mol. The van der Waals surface area contributed by atoms with Crippen LogP contribution in [0.15, 0.2) is 66.0 Å². The first-order chi connectivity index (χ1) is 14.0. The molecule has 0 fully saturated rings. The Labute approximate surface area is 179 Å². The lowest BCUT2D eigenvalue weighted by Crippen LogP contribution is -2.47. The van der Waals surface area contributed by atoms with Crippen LogP contribution >= 0.6 is 11.6 Å². The van der Waals surface area contributed by atoms with Crippen LogP contribution in [-0.4, -0.2) is 41.7 Å². The second kappa shape index (κ2) is 12.0. The van der Waals surface area contributed by atoms with Crippen LogP contribution in [-0.2, 0) is 4.74 Å². The van der Waals surface area contributed by atoms with Crippen molar-refractivity contribution in [1.82, 2.24) is 0 Å². The van der Waals surface area contributed by atoms with E-state index in [1.807, 2.05) is 0 Å². The summed E-state index contributed by atoms with van der Waals surface area (Å²) in [6, 6.07) is 6.94. The molecule has 0 bridgehead atoms. The summed E-state index contributed by atoms with van der Waals surface area (Å²) in [6.45, 7) is 3.95. The average Bonchev–Trinajstić information content (AvgIpc) is 2.71. The molecule has 0 unspecified atom stereocenters. The molecule has 0 atom stereocenters. The third kappa shape index (κ3) is 8.75. The highest BCUT2D eigenvalue weighted by atomic mass is 35.5. The number of benzene rings is 1. The van der Waals surface area contributed by atoms with Crippen molar-refractivity contribution in [3.05, 3.63) is 76.6 Å². The number of allylic oxidation sites excluding steroid dienone is 4. The second-order valence-electron chi connectivity index (χ2n) is 6.79. The van der Waals surface area contributed by atoms with Crippen LogP contribution in [0.1, 0.15) is 25.3 Å². The standard InChI is InChI=1S/C22H27ClF3NO3/c1-3-17(10-11-21(27,14-28)15-29)13-20(22(24,25)26)16(2)30-12-4-5-18-6-8-19(23)9-7-18/h3-9,13,28-29H,2,10-12,14-15,27H2,1H3/b5-4+,17-3-,20-13+. The summed E-state index contributed by atoms with van der Waals surface area (Å²) in [6.07, 6.45) is 1.30. The number of aliphatic hydroxyl groups excluding tert-OH is 2. The van der Waals surface area contributed by atoms with E-state index in [1.165, 1.54) is 6.08 Å². The molecule has 1 rings (SSSR count). The summed E-state index contributed by atoms with van der Waals surface area (Å²) in [5.41, 5.74) is 4.68. The SMILES string of the molecule is C=C(OC/C=C/c1ccc(Cl)cc1)/C(=C\C(=C/C)CCC(N)(CO)CO)C(F)(F)F. The third-order valence-electron chi connectivity index (χ3n) is 4.38. The normalized spacial score (nSPS) is 13.7. The first-order valence-corrected chi connectivity index (χ1v) is 9.61. The van der Waals surface area contributed by atoms with Crippen molar-refractivity contribution < 1.29 is 28.1 Å². The molecule has 0 saturated heterocycles. The Bertz CT molecular complexity index is 780. The molecule has 0 saturated carbocycles. The zero-order valence-electron chi connectivity index (χ0n) is 16.8. The summed E-state index contributed by atoms with van der Waals surface area (Å²) in [7, 11) is 0. The van der Waals surface area contributed by atoms with Crippen LogP contribution < -0.4 is 5.73 Å². The maximum absolute atomic E-state index is 13.5. The van der Waals surface area contributed by atoms with Gasteiger partial charge in [0.2, 0.25) is 0 Å².